The molecule has 3 aromatic carbocycles. The first kappa shape index (κ1) is 48.6. The van der Waals surface area contributed by atoms with E-state index in [0.717, 1.165) is 77.0 Å². The molecule has 12 nitrogen and oxygen atoms in total. The van der Waals surface area contributed by atoms with Crippen LogP contribution in [0.3, 0.4) is 0 Å². The second-order valence-electron chi connectivity index (χ2n) is 16.2. The number of aliphatic hydroxyl groups is 1. The number of hydrogen-bond acceptors (Lipinski definition) is 12. The number of aromatic nitrogens is 3. The maximum Gasteiger partial charge on any atom is 0.338 e. The van der Waals surface area contributed by atoms with Gasteiger partial charge in [0.05, 0.1) is 30.9 Å². The number of nitrogens with zero attached hydrogens (tertiary/aromatic N) is 3. The molecular weight excluding hydrogens is 769 g/mol. The number of esters is 2. The predicted molar refractivity (Wildman–Crippen MR) is 245 cm³/mol. The number of anilines is 6. The number of carbonyl (C=O) groups excluding carboxylic acids is 2. The molecule has 4 N–H and O–H groups in total. The van der Waals surface area contributed by atoms with Gasteiger partial charge in [-0.15, -0.1) is 0 Å². The van der Waals surface area contributed by atoms with E-state index >= 15 is 0 Å². The second kappa shape index (κ2) is 25.6. The molecule has 61 heavy (non-hydrogen) atoms. The van der Waals surface area contributed by atoms with Crippen molar-refractivity contribution in [1.82, 2.24) is 15.0 Å². The highest BCUT2D eigenvalue weighted by Gasteiger charge is 2.25. The minimum Gasteiger partial charge on any atom is -0.462 e. The summed E-state index contributed by atoms with van der Waals surface area (Å²) in [5.41, 5.74) is 3.54. The molecule has 0 amide bonds. The van der Waals surface area contributed by atoms with Crippen LogP contribution in [0.1, 0.15) is 152 Å². The standard InChI is InChI=1S/C49H70N6O6/c1-8-14-17-35(11-4)32-59-44(56)38-20-26-41(27-21-38)50-46-53-47(51-42-28-22-39(23-29-42)45(57)60-33-36(12-5)18-15-9-2)55-48(54-46)52-43-30-24-40(25-31-43)49(7,58)61-34-37(13-6)19-16-10-3/h20-31,35-37,58H,8-19,32-34H2,1-7H3,(H3,50,51,52,53,54,55). The summed E-state index contributed by atoms with van der Waals surface area (Å²) in [5, 5.41) is 20.9. The van der Waals surface area contributed by atoms with Crippen LogP contribution >= 0.6 is 0 Å². The number of benzene rings is 3. The molecule has 4 rings (SSSR count). The minimum absolute atomic E-state index is 0.243. The molecule has 332 valence electrons. The van der Waals surface area contributed by atoms with Crippen molar-refractivity contribution in [1.29, 1.82) is 0 Å². The quantitative estimate of drug-likeness (QED) is 0.0317. The Morgan fingerprint density at radius 1 is 0.541 bits per heavy atom. The lowest BCUT2D eigenvalue weighted by Crippen LogP contribution is -2.28. The summed E-state index contributed by atoms with van der Waals surface area (Å²) in [6, 6.07) is 21.3. The van der Waals surface area contributed by atoms with Crippen LogP contribution in [0.15, 0.2) is 72.8 Å². The van der Waals surface area contributed by atoms with E-state index in [-0.39, 0.29) is 29.8 Å². The van der Waals surface area contributed by atoms with Crippen LogP contribution in [0.2, 0.25) is 0 Å². The van der Waals surface area contributed by atoms with Crippen molar-refractivity contribution in [2.75, 3.05) is 35.8 Å². The van der Waals surface area contributed by atoms with Crippen molar-refractivity contribution in [2.45, 2.75) is 131 Å². The first-order valence-electron chi connectivity index (χ1n) is 22.6. The van der Waals surface area contributed by atoms with Gasteiger partial charge < -0.3 is 35.3 Å². The van der Waals surface area contributed by atoms with Crippen molar-refractivity contribution in [3.8, 4) is 0 Å². The molecular formula is C49H70N6O6. The summed E-state index contributed by atoms with van der Waals surface area (Å²) in [4.78, 5) is 39.6. The molecule has 0 saturated carbocycles. The fourth-order valence-electron chi connectivity index (χ4n) is 6.78. The SMILES string of the molecule is CCCCC(CC)COC(=O)c1ccc(Nc2nc(Nc3ccc(C(=O)OCC(CC)CCCC)cc3)nc(Nc3ccc(C(C)(O)OCC(CC)CCCC)cc3)n2)cc1. The summed E-state index contributed by atoms with van der Waals surface area (Å²) in [5.74, 6) is -0.319. The predicted octanol–water partition coefficient (Wildman–Crippen LogP) is 12.2. The molecule has 4 unspecified atom stereocenters. The van der Waals surface area contributed by atoms with Crippen molar-refractivity contribution < 1.29 is 28.9 Å². The number of nitrogens with one attached hydrogen (secondary N) is 3. The Kier molecular flexibility index (Phi) is 20.4. The van der Waals surface area contributed by atoms with E-state index < -0.39 is 5.79 Å². The Hall–Kier alpha value is -5.07. The van der Waals surface area contributed by atoms with Crippen LogP contribution in [-0.4, -0.2) is 51.8 Å². The topological polar surface area (TPSA) is 157 Å². The summed E-state index contributed by atoms with van der Waals surface area (Å²) >= 11 is 0. The maximum absolute atomic E-state index is 12.9. The Balaban J connectivity index is 1.50. The Morgan fingerprint density at radius 2 is 0.869 bits per heavy atom. The van der Waals surface area contributed by atoms with Gasteiger partial charge in [-0.1, -0.05) is 111 Å². The van der Waals surface area contributed by atoms with E-state index in [1.807, 2.05) is 24.3 Å². The fourth-order valence-corrected chi connectivity index (χ4v) is 6.78. The molecule has 0 aliphatic heterocycles. The molecule has 0 fully saturated rings. The molecule has 0 saturated heterocycles. The summed E-state index contributed by atoms with van der Waals surface area (Å²) in [6.07, 6.45) is 12.8. The molecule has 0 aliphatic rings. The van der Waals surface area contributed by atoms with Gasteiger partial charge >= 0.3 is 11.9 Å². The average molecular weight is 839 g/mol. The molecule has 0 bridgehead atoms. The van der Waals surface area contributed by atoms with Gasteiger partial charge in [0.15, 0.2) is 5.79 Å². The number of hydrogen-bond donors (Lipinski definition) is 4. The van der Waals surface area contributed by atoms with Crippen LogP contribution in [-0.2, 0) is 20.0 Å². The van der Waals surface area contributed by atoms with Gasteiger partial charge in [0.1, 0.15) is 0 Å². The zero-order chi connectivity index (χ0) is 44.0. The Labute approximate surface area is 364 Å². The first-order valence-corrected chi connectivity index (χ1v) is 22.6. The fraction of sp³-hybridized carbons (Fsp3) is 0.531. The lowest BCUT2D eigenvalue weighted by atomic mass is 10.00. The van der Waals surface area contributed by atoms with E-state index in [9.17, 15) is 14.7 Å². The van der Waals surface area contributed by atoms with Crippen LogP contribution in [0, 0.1) is 17.8 Å². The van der Waals surface area contributed by atoms with E-state index in [2.05, 4.69) is 72.4 Å². The maximum atomic E-state index is 12.9. The van der Waals surface area contributed by atoms with E-state index in [1.54, 1.807) is 55.5 Å². The van der Waals surface area contributed by atoms with Crippen molar-refractivity contribution in [2.24, 2.45) is 17.8 Å². The van der Waals surface area contributed by atoms with E-state index in [4.69, 9.17) is 14.2 Å². The normalized spacial score (nSPS) is 13.7. The highest BCUT2D eigenvalue weighted by atomic mass is 16.6. The van der Waals surface area contributed by atoms with Crippen LogP contribution in [0.4, 0.5) is 34.9 Å². The van der Waals surface area contributed by atoms with Gasteiger partial charge in [-0.2, -0.15) is 15.0 Å². The van der Waals surface area contributed by atoms with E-state index in [1.165, 1.54) is 0 Å². The van der Waals surface area contributed by atoms with Crippen LogP contribution in [0.25, 0.3) is 0 Å². The van der Waals surface area contributed by atoms with Gasteiger partial charge in [-0.25, -0.2) is 9.59 Å². The van der Waals surface area contributed by atoms with E-state index in [0.29, 0.717) is 71.3 Å². The molecule has 0 radical (unpaired) electrons. The first-order chi connectivity index (χ1) is 29.5. The number of ether oxygens (including phenoxy) is 3. The number of carbonyl (C=O) groups is 2. The molecule has 0 spiro atoms. The summed E-state index contributed by atoms with van der Waals surface area (Å²) in [7, 11) is 0. The second-order valence-corrected chi connectivity index (χ2v) is 16.2. The average Bonchev–Trinajstić information content (AvgIpc) is 3.27. The van der Waals surface area contributed by atoms with Crippen molar-refractivity contribution >= 4 is 46.8 Å². The molecule has 0 aliphatic carbocycles. The number of rotatable bonds is 28. The zero-order valence-corrected chi connectivity index (χ0v) is 37.6. The number of unbranched alkanes of at least 4 members (excludes halogenated alkanes) is 3. The Morgan fingerprint density at radius 3 is 1.20 bits per heavy atom. The van der Waals surface area contributed by atoms with Crippen molar-refractivity contribution in [3.05, 3.63) is 89.5 Å². The third kappa shape index (κ3) is 16.4. The van der Waals surface area contributed by atoms with Gasteiger partial charge in [0, 0.05) is 22.6 Å². The lowest BCUT2D eigenvalue weighted by molar-refractivity contribution is -0.206. The molecule has 4 atom stereocenters. The van der Waals surface area contributed by atoms with Crippen LogP contribution in [0.5, 0.6) is 0 Å². The van der Waals surface area contributed by atoms with Gasteiger partial charge in [0.2, 0.25) is 17.8 Å². The van der Waals surface area contributed by atoms with Gasteiger partial charge in [0.25, 0.3) is 0 Å². The molecule has 4 aromatic rings. The summed E-state index contributed by atoms with van der Waals surface area (Å²) < 4.78 is 17.3. The zero-order valence-electron chi connectivity index (χ0n) is 37.6. The largest absolute Gasteiger partial charge is 0.462 e. The smallest absolute Gasteiger partial charge is 0.338 e. The molecule has 1 aromatic heterocycles. The lowest BCUT2D eigenvalue weighted by Gasteiger charge is -2.27. The monoisotopic (exact) mass is 839 g/mol. The third-order valence-electron chi connectivity index (χ3n) is 11.2. The summed E-state index contributed by atoms with van der Waals surface area (Å²) in [6.45, 7) is 15.9. The highest BCUT2D eigenvalue weighted by Crippen LogP contribution is 2.28. The van der Waals surface area contributed by atoms with Gasteiger partial charge in [-0.05, 0) is 105 Å². The highest BCUT2D eigenvalue weighted by molar-refractivity contribution is 5.90. The third-order valence-corrected chi connectivity index (χ3v) is 11.2. The molecule has 12 heteroatoms. The van der Waals surface area contributed by atoms with Crippen LogP contribution < -0.4 is 16.0 Å². The minimum atomic E-state index is -1.45. The Bertz CT molecular complexity index is 1790. The van der Waals surface area contributed by atoms with Gasteiger partial charge in [-0.3, -0.25) is 0 Å². The molecule has 1 heterocycles. The van der Waals surface area contributed by atoms with Crippen molar-refractivity contribution in [3.63, 3.8) is 0 Å².